The van der Waals surface area contributed by atoms with Gasteiger partial charge in [-0.1, -0.05) is 240 Å². The Morgan fingerprint density at radius 2 is 0.681 bits per heavy atom. The second kappa shape index (κ2) is 41.9. The van der Waals surface area contributed by atoms with E-state index < -0.39 is 5.97 Å². The zero-order valence-electron chi connectivity index (χ0n) is 68.6. The number of anilines is 3. The van der Waals surface area contributed by atoms with Crippen LogP contribution >= 0.6 is 0 Å². The Hall–Kier alpha value is -11.9. The number of H-pyrrole nitrogens is 2. The highest BCUT2D eigenvalue weighted by Crippen LogP contribution is 2.49. The van der Waals surface area contributed by atoms with Gasteiger partial charge in [-0.15, -0.1) is 0 Å². The molecule has 3 N–H and O–H groups in total. The molecule has 0 spiro atoms. The molecule has 3 aromatic heterocycles. The summed E-state index contributed by atoms with van der Waals surface area (Å²) >= 11 is 0. The number of ether oxygens (including phenoxy) is 6. The molecule has 0 atom stereocenters. The van der Waals surface area contributed by atoms with E-state index in [0.29, 0.717) is 94.4 Å². The summed E-state index contributed by atoms with van der Waals surface area (Å²) in [5.74, 6) is 18.1. The number of carbonyl (C=O) groups is 1. The van der Waals surface area contributed by atoms with Crippen LogP contribution in [-0.4, -0.2) is 71.7 Å². The van der Waals surface area contributed by atoms with E-state index in [9.17, 15) is 9.90 Å². The van der Waals surface area contributed by atoms with Crippen LogP contribution in [0.25, 0.3) is 90.2 Å². The summed E-state index contributed by atoms with van der Waals surface area (Å²) < 4.78 is 39.7. The van der Waals surface area contributed by atoms with E-state index in [1.165, 1.54) is 77.0 Å². The molecule has 0 saturated heterocycles. The van der Waals surface area contributed by atoms with Gasteiger partial charge in [-0.2, -0.15) is 0 Å². The van der Waals surface area contributed by atoms with E-state index >= 15 is 0 Å². The van der Waals surface area contributed by atoms with Crippen molar-refractivity contribution in [2.24, 2.45) is 0 Å². The number of aromatic nitrogens is 4. The Morgan fingerprint density at radius 3 is 1.05 bits per heavy atom. The molecule has 8 bridgehead atoms. The fourth-order valence-corrected chi connectivity index (χ4v) is 15.6. The van der Waals surface area contributed by atoms with Gasteiger partial charge in [0, 0.05) is 66.2 Å². The molecule has 116 heavy (non-hydrogen) atoms. The number of unbranched alkanes of at least 4 members (excludes halogenated alkanes) is 20. The standard InChI is InChI=1S/C103H111N5O8/c1-7-11-15-19-23-31-69-113-94-41-35-42-95(114-70-32-24-20-16-12-8-2)100(94)98-90-65-61-86(104-90)84(58-47-73-45-48-74(49-46-73)103(109)110)87-62-66-91(105-87)99(101-96(115-71-33-25-21-17-13-9-3)43-36-44-97(101)116-72-34-26-22-18-14-10-4)93-68-64-89(107-93)85(88-63-67-92(98)106-88)60-59-81-79-37-27-29-39-82(79)102(83-40-30-28-38-80(81)83)108(75-50-54-77(111-5)55-51-75)76-52-56-78(112-6)57-53-76/h27-30,35-46,48-57,61-68,104,107H,7-26,31-34,69-72H2,1-6H3,(H,109,110). The maximum atomic E-state index is 12.2. The fraction of sp³-hybridized carbons (Fsp3) is 0.330. The monoisotopic (exact) mass is 1550 g/mol. The van der Waals surface area contributed by atoms with E-state index in [1.54, 1.807) is 38.5 Å². The molecule has 0 fully saturated rings. The van der Waals surface area contributed by atoms with Gasteiger partial charge < -0.3 is 48.4 Å². The highest BCUT2D eigenvalue weighted by atomic mass is 16.5. The van der Waals surface area contributed by atoms with Crippen LogP contribution in [0, 0.1) is 23.7 Å². The van der Waals surface area contributed by atoms with Gasteiger partial charge in [-0.3, -0.25) is 0 Å². The maximum Gasteiger partial charge on any atom is 0.335 e. The lowest BCUT2D eigenvalue weighted by atomic mass is 9.93. The zero-order chi connectivity index (χ0) is 80.2. The number of hydrogen-bond acceptors (Lipinski definition) is 10. The number of carboxylic acid groups (broad SMARTS) is 1. The Kier molecular flexibility index (Phi) is 29.6. The van der Waals surface area contributed by atoms with Gasteiger partial charge >= 0.3 is 5.97 Å². The fourth-order valence-electron chi connectivity index (χ4n) is 15.6. The first kappa shape index (κ1) is 82.1. The molecule has 13 rings (SSSR count). The number of aromatic carboxylic acids is 1. The largest absolute Gasteiger partial charge is 0.497 e. The molecule has 5 heterocycles. The summed E-state index contributed by atoms with van der Waals surface area (Å²) in [5.41, 5.74) is 14.4. The molecular weight excluding hydrogens is 1440 g/mol. The van der Waals surface area contributed by atoms with Gasteiger partial charge in [0.2, 0.25) is 0 Å². The minimum atomic E-state index is -1.01. The predicted octanol–water partition coefficient (Wildman–Crippen LogP) is 27.2. The molecule has 2 aliphatic heterocycles. The van der Waals surface area contributed by atoms with Gasteiger partial charge in [0.15, 0.2) is 0 Å². The molecule has 0 unspecified atom stereocenters. The third-order valence-corrected chi connectivity index (χ3v) is 21.8. The summed E-state index contributed by atoms with van der Waals surface area (Å²) in [7, 11) is 3.39. The summed E-state index contributed by atoms with van der Waals surface area (Å²) in [6, 6.07) is 61.0. The first-order chi connectivity index (χ1) is 57.2. The number of fused-ring (bicyclic) bond motifs is 10. The van der Waals surface area contributed by atoms with Gasteiger partial charge in [0.25, 0.3) is 0 Å². The van der Waals surface area contributed by atoms with Crippen LogP contribution in [0.2, 0.25) is 0 Å². The average Bonchev–Trinajstić information content (AvgIpc) is 0.918. The number of rotatable bonds is 40. The quantitative estimate of drug-likeness (QED) is 0.0191. The van der Waals surface area contributed by atoms with E-state index in [2.05, 4.69) is 206 Å². The van der Waals surface area contributed by atoms with Gasteiger partial charge in [0.05, 0.1) is 108 Å². The average molecular weight is 1550 g/mol. The van der Waals surface area contributed by atoms with Crippen molar-refractivity contribution in [1.29, 1.82) is 0 Å². The Balaban J connectivity index is 1.10. The summed E-state index contributed by atoms with van der Waals surface area (Å²) in [4.78, 5) is 34.0. The van der Waals surface area contributed by atoms with Crippen LogP contribution in [-0.2, 0) is 0 Å². The van der Waals surface area contributed by atoms with Gasteiger partial charge in [-0.05, 0) is 171 Å². The molecule has 0 saturated carbocycles. The summed E-state index contributed by atoms with van der Waals surface area (Å²) in [5, 5.41) is 13.9. The van der Waals surface area contributed by atoms with E-state index in [1.807, 2.05) is 42.5 Å². The minimum absolute atomic E-state index is 0.175. The van der Waals surface area contributed by atoms with Crippen LogP contribution in [0.3, 0.4) is 0 Å². The summed E-state index contributed by atoms with van der Waals surface area (Å²) in [6.45, 7) is 11.1. The van der Waals surface area contributed by atoms with Crippen LogP contribution < -0.4 is 33.3 Å². The normalized spacial score (nSPS) is 11.5. The van der Waals surface area contributed by atoms with Crippen LogP contribution in [0.4, 0.5) is 17.1 Å². The molecule has 13 heteroatoms. The van der Waals surface area contributed by atoms with E-state index in [-0.39, 0.29) is 5.56 Å². The number of nitrogens with one attached hydrogen (secondary N) is 2. The number of benzene rings is 8. The lowest BCUT2D eigenvalue weighted by Crippen LogP contribution is -2.11. The lowest BCUT2D eigenvalue weighted by Gasteiger charge is -2.29. The van der Waals surface area contributed by atoms with Crippen LogP contribution in [0.15, 0.2) is 182 Å². The van der Waals surface area contributed by atoms with Crippen molar-refractivity contribution in [2.45, 2.75) is 182 Å². The molecule has 0 aliphatic carbocycles. The second-order valence-electron chi connectivity index (χ2n) is 30.2. The lowest BCUT2D eigenvalue weighted by molar-refractivity contribution is 0.0696. The van der Waals surface area contributed by atoms with E-state index in [4.69, 9.17) is 38.4 Å². The number of aromatic amines is 2. The third kappa shape index (κ3) is 20.4. The molecule has 13 nitrogen and oxygen atoms in total. The highest BCUT2D eigenvalue weighted by Gasteiger charge is 2.27. The molecule has 0 amide bonds. The third-order valence-electron chi connectivity index (χ3n) is 21.8. The highest BCUT2D eigenvalue weighted by molar-refractivity contribution is 6.18. The smallest absolute Gasteiger partial charge is 0.335 e. The van der Waals surface area contributed by atoms with Gasteiger partial charge in [0.1, 0.15) is 34.5 Å². The minimum Gasteiger partial charge on any atom is -0.497 e. The maximum absolute atomic E-state index is 12.2. The van der Waals surface area contributed by atoms with Crippen molar-refractivity contribution in [3.05, 3.63) is 233 Å². The van der Waals surface area contributed by atoms with E-state index in [0.717, 1.165) is 172 Å². The van der Waals surface area contributed by atoms with Gasteiger partial charge in [-0.25, -0.2) is 14.8 Å². The molecule has 0 radical (unpaired) electrons. The SMILES string of the molecule is CCCCCCCCOc1cccc(OCCCCCCCC)c1-c1c2nc(c(C#Cc3c4ccccc4c(N(c4ccc(OC)cc4)c4ccc(OC)cc4)c4ccccc34)c3ccc([nH]3)c(-c3c(OCCCCCCCC)cccc3OCCCCCCCC)c3nc(c(C#Cc4ccc(C(=O)O)cc4)c4ccc1[nH]4)C=C3)C=C2. The predicted molar refractivity (Wildman–Crippen MR) is 480 cm³/mol. The van der Waals surface area contributed by atoms with Crippen LogP contribution in [0.5, 0.6) is 34.5 Å². The molecule has 8 aromatic carbocycles. The number of methoxy groups -OCH3 is 2. The number of carboxylic acids is 1. The molecule has 596 valence electrons. The van der Waals surface area contributed by atoms with Crippen molar-refractivity contribution >= 4 is 90.9 Å². The van der Waals surface area contributed by atoms with Crippen molar-refractivity contribution in [3.63, 3.8) is 0 Å². The molecule has 11 aromatic rings. The van der Waals surface area contributed by atoms with Crippen molar-refractivity contribution in [1.82, 2.24) is 19.9 Å². The summed E-state index contributed by atoms with van der Waals surface area (Å²) in [6.07, 6.45) is 35.1. The van der Waals surface area contributed by atoms with Crippen molar-refractivity contribution in [2.75, 3.05) is 45.5 Å². The second-order valence-corrected chi connectivity index (χ2v) is 30.2. The topological polar surface area (TPSA) is 153 Å². The van der Waals surface area contributed by atoms with Crippen molar-refractivity contribution < 1.29 is 38.3 Å². The Bertz CT molecular complexity index is 5270. The number of nitrogens with zero attached hydrogens (tertiary/aromatic N) is 3. The molecular formula is C103H111N5O8. The van der Waals surface area contributed by atoms with Crippen LogP contribution in [0.1, 0.15) is 237 Å². The first-order valence-electron chi connectivity index (χ1n) is 42.5. The Labute approximate surface area is 685 Å². The zero-order valence-corrected chi connectivity index (χ0v) is 68.6. The first-order valence-corrected chi connectivity index (χ1v) is 42.5. The van der Waals surface area contributed by atoms with Crippen molar-refractivity contribution in [3.8, 4) is 80.4 Å². The Morgan fingerprint density at radius 1 is 0.345 bits per heavy atom. The molecule has 2 aliphatic rings. The number of hydrogen-bond donors (Lipinski definition) is 3.